The van der Waals surface area contributed by atoms with E-state index in [1.165, 1.54) is 32.1 Å². The Kier molecular flexibility index (Phi) is 4.54. The molecule has 3 unspecified atom stereocenters. The molecule has 3 nitrogen and oxygen atoms in total. The molecule has 3 aliphatic rings. The zero-order valence-corrected chi connectivity index (χ0v) is 11.8. The quantitative estimate of drug-likeness (QED) is 0.839. The first-order valence-corrected chi connectivity index (χ1v) is 7.32. The number of carbonyl (C=O) groups excluding carboxylic acids is 1. The third-order valence-corrected chi connectivity index (χ3v) is 5.10. The first kappa shape index (κ1) is 14.1. The van der Waals surface area contributed by atoms with Crippen molar-refractivity contribution in [2.75, 3.05) is 6.54 Å². The molecule has 0 radical (unpaired) electrons. The lowest BCUT2D eigenvalue weighted by molar-refractivity contribution is -0.137. The highest BCUT2D eigenvalue weighted by atomic mass is 35.5. The van der Waals surface area contributed by atoms with Crippen molar-refractivity contribution in [1.82, 2.24) is 4.90 Å². The fourth-order valence-corrected chi connectivity index (χ4v) is 3.86. The van der Waals surface area contributed by atoms with Crippen molar-refractivity contribution >= 4 is 18.3 Å². The van der Waals surface area contributed by atoms with Crippen molar-refractivity contribution in [2.45, 2.75) is 63.5 Å². The number of likely N-dealkylation sites (tertiary alicyclic amines) is 1. The highest BCUT2D eigenvalue weighted by molar-refractivity contribution is 5.85. The van der Waals surface area contributed by atoms with E-state index in [0.29, 0.717) is 11.9 Å². The summed E-state index contributed by atoms with van der Waals surface area (Å²) in [6.45, 7) is 1.01. The van der Waals surface area contributed by atoms with E-state index in [1.807, 2.05) is 0 Å². The van der Waals surface area contributed by atoms with Crippen LogP contribution in [-0.4, -0.2) is 29.4 Å². The fraction of sp³-hybridized carbons (Fsp3) is 0.929. The molecule has 3 rings (SSSR count). The Hall–Kier alpha value is -0.280. The van der Waals surface area contributed by atoms with Crippen LogP contribution in [0.4, 0.5) is 0 Å². The predicted octanol–water partition coefficient (Wildman–Crippen LogP) is 2.33. The number of halogens is 1. The Morgan fingerprint density at radius 1 is 1.06 bits per heavy atom. The van der Waals surface area contributed by atoms with Crippen LogP contribution < -0.4 is 5.73 Å². The molecular formula is C14H25ClN2O. The van der Waals surface area contributed by atoms with Gasteiger partial charge in [-0.05, 0) is 50.9 Å². The molecule has 2 saturated carbocycles. The third-order valence-electron chi connectivity index (χ3n) is 5.10. The van der Waals surface area contributed by atoms with Crippen molar-refractivity contribution < 1.29 is 4.79 Å². The Morgan fingerprint density at radius 3 is 2.39 bits per heavy atom. The normalized spacial score (nSPS) is 36.3. The summed E-state index contributed by atoms with van der Waals surface area (Å²) >= 11 is 0. The van der Waals surface area contributed by atoms with E-state index in [1.54, 1.807) is 0 Å². The van der Waals surface area contributed by atoms with E-state index in [0.717, 1.165) is 31.7 Å². The van der Waals surface area contributed by atoms with Gasteiger partial charge in [0.1, 0.15) is 0 Å². The lowest BCUT2D eigenvalue weighted by Crippen LogP contribution is -2.44. The molecule has 0 aromatic carbocycles. The van der Waals surface area contributed by atoms with Gasteiger partial charge in [0.25, 0.3) is 0 Å². The van der Waals surface area contributed by atoms with Crippen LogP contribution in [0.2, 0.25) is 0 Å². The summed E-state index contributed by atoms with van der Waals surface area (Å²) in [5.41, 5.74) is 5.92. The molecular weight excluding hydrogens is 248 g/mol. The molecule has 0 aromatic heterocycles. The summed E-state index contributed by atoms with van der Waals surface area (Å²) in [6, 6.07) is 0.849. The monoisotopic (exact) mass is 272 g/mol. The Balaban J connectivity index is 0.00000120. The van der Waals surface area contributed by atoms with Crippen molar-refractivity contribution in [3.63, 3.8) is 0 Å². The zero-order chi connectivity index (χ0) is 11.8. The van der Waals surface area contributed by atoms with Crippen molar-refractivity contribution in [3.05, 3.63) is 0 Å². The van der Waals surface area contributed by atoms with Gasteiger partial charge in [-0.15, -0.1) is 12.4 Å². The van der Waals surface area contributed by atoms with Gasteiger partial charge in [-0.2, -0.15) is 0 Å². The van der Waals surface area contributed by atoms with Gasteiger partial charge >= 0.3 is 0 Å². The summed E-state index contributed by atoms with van der Waals surface area (Å²) in [7, 11) is 0. The second-order valence-corrected chi connectivity index (χ2v) is 6.20. The summed E-state index contributed by atoms with van der Waals surface area (Å²) in [6.07, 6.45) is 9.51. The molecule has 18 heavy (non-hydrogen) atoms. The molecule has 104 valence electrons. The van der Waals surface area contributed by atoms with E-state index < -0.39 is 0 Å². The molecule has 3 fully saturated rings. The Bertz CT molecular complexity index is 306. The number of carbonyl (C=O) groups is 1. The maximum atomic E-state index is 12.5. The van der Waals surface area contributed by atoms with Crippen LogP contribution in [0, 0.1) is 11.8 Å². The number of hydrogen-bond acceptors (Lipinski definition) is 2. The molecule has 2 aliphatic carbocycles. The van der Waals surface area contributed by atoms with Gasteiger partial charge in [-0.3, -0.25) is 4.79 Å². The fourth-order valence-electron chi connectivity index (χ4n) is 3.86. The predicted molar refractivity (Wildman–Crippen MR) is 74.6 cm³/mol. The Labute approximate surface area is 116 Å². The molecule has 3 atom stereocenters. The topological polar surface area (TPSA) is 46.3 Å². The molecule has 1 heterocycles. The standard InChI is InChI=1S/C14H24N2O.ClH/c15-12-7-6-11(9-12)14(17)16-8-2-5-13(16)10-3-1-4-10;/h10-13H,1-9,15H2;1H. The van der Waals surface area contributed by atoms with Gasteiger partial charge in [0, 0.05) is 24.5 Å². The molecule has 4 heteroatoms. The molecule has 1 saturated heterocycles. The average Bonchev–Trinajstić information content (AvgIpc) is 2.84. The molecule has 0 bridgehead atoms. The minimum absolute atomic E-state index is 0. The highest BCUT2D eigenvalue weighted by Gasteiger charge is 2.40. The van der Waals surface area contributed by atoms with Gasteiger partial charge in [-0.1, -0.05) is 6.42 Å². The molecule has 2 N–H and O–H groups in total. The Morgan fingerprint density at radius 2 is 1.83 bits per heavy atom. The number of amides is 1. The smallest absolute Gasteiger partial charge is 0.225 e. The molecule has 1 amide bonds. The number of hydrogen-bond donors (Lipinski definition) is 1. The van der Waals surface area contributed by atoms with Crippen LogP contribution >= 0.6 is 12.4 Å². The van der Waals surface area contributed by atoms with Crippen LogP contribution in [0.1, 0.15) is 51.4 Å². The van der Waals surface area contributed by atoms with Gasteiger partial charge in [-0.25, -0.2) is 0 Å². The second kappa shape index (κ2) is 5.79. The second-order valence-electron chi connectivity index (χ2n) is 6.20. The lowest BCUT2D eigenvalue weighted by atomic mass is 9.78. The van der Waals surface area contributed by atoms with Crippen LogP contribution in [0.5, 0.6) is 0 Å². The number of nitrogens with two attached hydrogens (primary N) is 1. The maximum Gasteiger partial charge on any atom is 0.225 e. The highest BCUT2D eigenvalue weighted by Crippen LogP contribution is 2.38. The third kappa shape index (κ3) is 2.53. The van der Waals surface area contributed by atoms with Gasteiger partial charge in [0.05, 0.1) is 0 Å². The zero-order valence-electron chi connectivity index (χ0n) is 11.0. The number of rotatable bonds is 2. The van der Waals surface area contributed by atoms with Crippen molar-refractivity contribution in [1.29, 1.82) is 0 Å². The largest absolute Gasteiger partial charge is 0.339 e. The summed E-state index contributed by atoms with van der Waals surface area (Å²) < 4.78 is 0. The van der Waals surface area contributed by atoms with E-state index in [2.05, 4.69) is 4.90 Å². The molecule has 0 spiro atoms. The van der Waals surface area contributed by atoms with Gasteiger partial charge in [0.2, 0.25) is 5.91 Å². The maximum absolute atomic E-state index is 12.5. The first-order valence-electron chi connectivity index (χ1n) is 7.32. The minimum Gasteiger partial charge on any atom is -0.339 e. The van der Waals surface area contributed by atoms with Crippen LogP contribution in [0.3, 0.4) is 0 Å². The van der Waals surface area contributed by atoms with E-state index in [9.17, 15) is 4.79 Å². The summed E-state index contributed by atoms with van der Waals surface area (Å²) in [4.78, 5) is 14.7. The van der Waals surface area contributed by atoms with E-state index in [-0.39, 0.29) is 24.4 Å². The summed E-state index contributed by atoms with van der Waals surface area (Å²) in [5.74, 6) is 1.48. The van der Waals surface area contributed by atoms with Crippen molar-refractivity contribution in [3.8, 4) is 0 Å². The summed E-state index contributed by atoms with van der Waals surface area (Å²) in [5, 5.41) is 0. The minimum atomic E-state index is 0. The SMILES string of the molecule is Cl.NC1CCC(C(=O)N2CCCC2C2CCC2)C1. The van der Waals surface area contributed by atoms with Gasteiger partial charge < -0.3 is 10.6 Å². The average molecular weight is 273 g/mol. The van der Waals surface area contributed by atoms with E-state index in [4.69, 9.17) is 5.73 Å². The molecule has 0 aromatic rings. The molecule has 1 aliphatic heterocycles. The number of nitrogens with zero attached hydrogens (tertiary/aromatic N) is 1. The first-order chi connectivity index (χ1) is 8.25. The van der Waals surface area contributed by atoms with Crippen molar-refractivity contribution in [2.24, 2.45) is 17.6 Å². The lowest BCUT2D eigenvalue weighted by Gasteiger charge is -2.38. The van der Waals surface area contributed by atoms with Crippen LogP contribution in [0.25, 0.3) is 0 Å². The van der Waals surface area contributed by atoms with Crippen LogP contribution in [0.15, 0.2) is 0 Å². The van der Waals surface area contributed by atoms with E-state index >= 15 is 0 Å². The van der Waals surface area contributed by atoms with Gasteiger partial charge in [0.15, 0.2) is 0 Å². The van der Waals surface area contributed by atoms with Crippen LogP contribution in [-0.2, 0) is 4.79 Å².